The van der Waals surface area contributed by atoms with Crippen LogP contribution in [0.3, 0.4) is 0 Å². The second-order valence-electron chi connectivity index (χ2n) is 6.59. The molecule has 0 spiro atoms. The zero-order valence-electron chi connectivity index (χ0n) is 14.6. The lowest BCUT2D eigenvalue weighted by atomic mass is 10.0. The molecule has 1 aromatic carbocycles. The first-order chi connectivity index (χ1) is 11.5. The van der Waals surface area contributed by atoms with E-state index in [-0.39, 0.29) is 11.9 Å². The Morgan fingerprint density at radius 3 is 2.79 bits per heavy atom. The van der Waals surface area contributed by atoms with Crippen LogP contribution in [-0.4, -0.2) is 34.9 Å². The Morgan fingerprint density at radius 1 is 1.29 bits per heavy atom. The van der Waals surface area contributed by atoms with E-state index in [9.17, 15) is 4.79 Å². The molecule has 5 heteroatoms. The van der Waals surface area contributed by atoms with Crippen molar-refractivity contribution in [2.24, 2.45) is 5.73 Å². The number of hydrogen-bond donors (Lipinski definition) is 1. The van der Waals surface area contributed by atoms with Crippen LogP contribution in [0.15, 0.2) is 18.2 Å². The van der Waals surface area contributed by atoms with Gasteiger partial charge in [-0.3, -0.25) is 4.79 Å². The summed E-state index contributed by atoms with van der Waals surface area (Å²) in [6, 6.07) is 6.48. The number of nitrogens with two attached hydrogens (primary N) is 1. The molecule has 4 nitrogen and oxygen atoms in total. The molecule has 0 saturated carbocycles. The predicted molar refractivity (Wildman–Crippen MR) is 99.5 cm³/mol. The van der Waals surface area contributed by atoms with Crippen molar-refractivity contribution < 1.29 is 4.79 Å². The summed E-state index contributed by atoms with van der Waals surface area (Å²) in [4.78, 5) is 20.6. The average molecular weight is 343 g/mol. The molecular formula is C19H25N3OS. The van der Waals surface area contributed by atoms with Crippen molar-refractivity contribution in [1.82, 2.24) is 9.88 Å². The minimum absolute atomic E-state index is 0.0303. The normalized spacial score (nSPS) is 18.0. The molecule has 1 saturated heterocycles. The van der Waals surface area contributed by atoms with Crippen LogP contribution in [-0.2, 0) is 0 Å². The summed E-state index contributed by atoms with van der Waals surface area (Å²) in [5.74, 6) is 0.0303. The smallest absolute Gasteiger partial charge is 0.274 e. The lowest BCUT2D eigenvalue weighted by Crippen LogP contribution is -2.47. The molecule has 128 valence electrons. The van der Waals surface area contributed by atoms with E-state index in [1.807, 2.05) is 11.8 Å². The monoisotopic (exact) mass is 343 g/mol. The second-order valence-corrected chi connectivity index (χ2v) is 7.80. The van der Waals surface area contributed by atoms with Gasteiger partial charge in [0, 0.05) is 19.1 Å². The van der Waals surface area contributed by atoms with E-state index in [2.05, 4.69) is 37.0 Å². The quantitative estimate of drug-likeness (QED) is 0.924. The summed E-state index contributed by atoms with van der Waals surface area (Å²) >= 11 is 1.59. The van der Waals surface area contributed by atoms with Gasteiger partial charge in [-0.1, -0.05) is 18.2 Å². The third-order valence-corrected chi connectivity index (χ3v) is 5.89. The molecule has 2 aromatic rings. The standard InChI is InChI=1S/C19H25N3OS/c1-12-7-8-15(10-13(12)2)18-17(21-14(3)24-18)19(23)22-9-5-4-6-16(22)11-20/h7-8,10,16H,4-6,9,11,20H2,1-3H3/t16-/m0/s1. The highest BCUT2D eigenvalue weighted by atomic mass is 32.1. The SMILES string of the molecule is Cc1nc(C(=O)N2CCCC[C@H]2CN)c(-c2ccc(C)c(C)c2)s1. The van der Waals surface area contributed by atoms with Gasteiger partial charge < -0.3 is 10.6 Å². The number of benzene rings is 1. The molecule has 3 rings (SSSR count). The molecule has 2 heterocycles. The summed E-state index contributed by atoms with van der Waals surface area (Å²) in [7, 11) is 0. The zero-order valence-corrected chi connectivity index (χ0v) is 15.4. The number of piperidine rings is 1. The van der Waals surface area contributed by atoms with Crippen LogP contribution in [0.2, 0.25) is 0 Å². The number of carbonyl (C=O) groups excluding carboxylic acids is 1. The summed E-state index contributed by atoms with van der Waals surface area (Å²) in [6.45, 7) is 7.46. The molecular weight excluding hydrogens is 318 g/mol. The highest BCUT2D eigenvalue weighted by molar-refractivity contribution is 7.15. The van der Waals surface area contributed by atoms with Gasteiger partial charge in [-0.05, 0) is 56.7 Å². The molecule has 2 N–H and O–H groups in total. The first-order valence-electron chi connectivity index (χ1n) is 8.57. The van der Waals surface area contributed by atoms with Crippen molar-refractivity contribution in [1.29, 1.82) is 0 Å². The van der Waals surface area contributed by atoms with E-state index in [0.717, 1.165) is 41.3 Å². The van der Waals surface area contributed by atoms with E-state index in [0.29, 0.717) is 12.2 Å². The van der Waals surface area contributed by atoms with Gasteiger partial charge in [0.1, 0.15) is 5.69 Å². The van der Waals surface area contributed by atoms with Gasteiger partial charge >= 0.3 is 0 Å². The van der Waals surface area contributed by atoms with Gasteiger partial charge in [-0.2, -0.15) is 0 Å². The molecule has 1 amide bonds. The van der Waals surface area contributed by atoms with E-state index in [4.69, 9.17) is 5.73 Å². The van der Waals surface area contributed by atoms with Gasteiger partial charge in [0.2, 0.25) is 0 Å². The summed E-state index contributed by atoms with van der Waals surface area (Å²) < 4.78 is 0. The average Bonchev–Trinajstić information content (AvgIpc) is 2.98. The zero-order chi connectivity index (χ0) is 17.3. The maximum atomic E-state index is 13.1. The summed E-state index contributed by atoms with van der Waals surface area (Å²) in [6.07, 6.45) is 3.18. The fourth-order valence-electron chi connectivity index (χ4n) is 3.30. The number of aryl methyl sites for hydroxylation is 3. The van der Waals surface area contributed by atoms with E-state index in [1.165, 1.54) is 11.1 Å². The molecule has 0 aliphatic carbocycles. The van der Waals surface area contributed by atoms with E-state index < -0.39 is 0 Å². The number of aromatic nitrogens is 1. The molecule has 1 fully saturated rings. The van der Waals surface area contributed by atoms with Gasteiger partial charge in [0.05, 0.1) is 9.88 Å². The molecule has 0 unspecified atom stereocenters. The van der Waals surface area contributed by atoms with Crippen molar-refractivity contribution in [3.05, 3.63) is 40.0 Å². The molecule has 1 atom stereocenters. The highest BCUT2D eigenvalue weighted by Gasteiger charge is 2.30. The van der Waals surface area contributed by atoms with E-state index in [1.54, 1.807) is 11.3 Å². The van der Waals surface area contributed by atoms with Crippen molar-refractivity contribution in [3.63, 3.8) is 0 Å². The van der Waals surface area contributed by atoms with Gasteiger partial charge in [0.25, 0.3) is 5.91 Å². The molecule has 0 radical (unpaired) electrons. The van der Waals surface area contributed by atoms with Crippen molar-refractivity contribution in [2.45, 2.75) is 46.1 Å². The second kappa shape index (κ2) is 7.03. The molecule has 0 bridgehead atoms. The van der Waals surface area contributed by atoms with Crippen LogP contribution in [0.5, 0.6) is 0 Å². The number of rotatable bonds is 3. The van der Waals surface area contributed by atoms with Gasteiger partial charge in [-0.15, -0.1) is 11.3 Å². The predicted octanol–water partition coefficient (Wildman–Crippen LogP) is 3.69. The Kier molecular flexibility index (Phi) is 5.01. The Morgan fingerprint density at radius 2 is 2.08 bits per heavy atom. The molecule has 1 aromatic heterocycles. The number of carbonyl (C=O) groups is 1. The summed E-state index contributed by atoms with van der Waals surface area (Å²) in [5.41, 5.74) is 10.0. The molecule has 1 aliphatic heterocycles. The Labute approximate surface area is 147 Å². The minimum atomic E-state index is 0.0303. The lowest BCUT2D eigenvalue weighted by molar-refractivity contribution is 0.0618. The number of amides is 1. The van der Waals surface area contributed by atoms with Crippen LogP contribution < -0.4 is 5.73 Å². The topological polar surface area (TPSA) is 59.2 Å². The summed E-state index contributed by atoms with van der Waals surface area (Å²) in [5, 5.41) is 0.924. The maximum absolute atomic E-state index is 13.1. The Balaban J connectivity index is 1.99. The van der Waals surface area contributed by atoms with Gasteiger partial charge in [-0.25, -0.2) is 4.98 Å². The van der Waals surface area contributed by atoms with Crippen LogP contribution in [0.1, 0.15) is 45.9 Å². The fraction of sp³-hybridized carbons (Fsp3) is 0.474. The van der Waals surface area contributed by atoms with Crippen LogP contribution in [0.4, 0.5) is 0 Å². The molecule has 1 aliphatic rings. The fourth-order valence-corrected chi connectivity index (χ4v) is 4.21. The van der Waals surface area contributed by atoms with Crippen LogP contribution in [0, 0.1) is 20.8 Å². The van der Waals surface area contributed by atoms with Crippen LogP contribution in [0.25, 0.3) is 10.4 Å². The van der Waals surface area contributed by atoms with E-state index >= 15 is 0 Å². The number of likely N-dealkylation sites (tertiary alicyclic amines) is 1. The highest BCUT2D eigenvalue weighted by Crippen LogP contribution is 2.33. The maximum Gasteiger partial charge on any atom is 0.274 e. The Bertz CT molecular complexity index is 753. The third kappa shape index (κ3) is 3.23. The lowest BCUT2D eigenvalue weighted by Gasteiger charge is -2.34. The first kappa shape index (κ1) is 17.1. The van der Waals surface area contributed by atoms with Crippen LogP contribution >= 0.6 is 11.3 Å². The number of hydrogen-bond acceptors (Lipinski definition) is 4. The largest absolute Gasteiger partial charge is 0.333 e. The minimum Gasteiger partial charge on any atom is -0.333 e. The van der Waals surface area contributed by atoms with Gasteiger partial charge in [0.15, 0.2) is 0 Å². The van der Waals surface area contributed by atoms with Crippen molar-refractivity contribution in [3.8, 4) is 10.4 Å². The number of thiazole rings is 1. The Hall–Kier alpha value is -1.72. The van der Waals surface area contributed by atoms with Crippen molar-refractivity contribution >= 4 is 17.2 Å². The first-order valence-corrected chi connectivity index (χ1v) is 9.39. The third-order valence-electron chi connectivity index (χ3n) is 4.87. The molecule has 24 heavy (non-hydrogen) atoms. The number of nitrogens with zero attached hydrogens (tertiary/aromatic N) is 2. The van der Waals surface area contributed by atoms with Crippen molar-refractivity contribution in [2.75, 3.05) is 13.1 Å².